The van der Waals surface area contributed by atoms with E-state index in [0.29, 0.717) is 0 Å². The lowest BCUT2D eigenvalue weighted by Crippen LogP contribution is -2.28. The van der Waals surface area contributed by atoms with Gasteiger partial charge in [-0.3, -0.25) is 4.79 Å². The van der Waals surface area contributed by atoms with Crippen LogP contribution in [0.4, 0.5) is 0 Å². The van der Waals surface area contributed by atoms with Crippen molar-refractivity contribution in [2.75, 3.05) is 13.1 Å². The first-order valence-corrected chi connectivity index (χ1v) is 7.86. The molecule has 2 unspecified atom stereocenters. The SMILES string of the molecule is CC1CN(S(=O)(=O)C=Cc2ccccc2)CC1C(=O)O. The summed E-state index contributed by atoms with van der Waals surface area (Å²) in [4.78, 5) is 11.0. The molecule has 5 nitrogen and oxygen atoms in total. The van der Waals surface area contributed by atoms with E-state index in [1.807, 2.05) is 18.2 Å². The third-order valence-electron chi connectivity index (χ3n) is 3.49. The normalized spacial score (nSPS) is 24.2. The second-order valence-corrected chi connectivity index (χ2v) is 6.82. The number of hydrogen-bond acceptors (Lipinski definition) is 3. The largest absolute Gasteiger partial charge is 0.481 e. The summed E-state index contributed by atoms with van der Waals surface area (Å²) in [6.07, 6.45) is 1.52. The molecule has 1 aromatic rings. The van der Waals surface area contributed by atoms with Crippen molar-refractivity contribution in [3.05, 3.63) is 41.3 Å². The highest BCUT2D eigenvalue weighted by atomic mass is 32.2. The van der Waals surface area contributed by atoms with Crippen LogP contribution >= 0.6 is 0 Å². The molecule has 1 fully saturated rings. The molecule has 0 aliphatic carbocycles. The van der Waals surface area contributed by atoms with E-state index in [9.17, 15) is 13.2 Å². The number of aliphatic carboxylic acids is 1. The standard InChI is InChI=1S/C14H17NO4S/c1-11-9-15(10-13(11)14(16)17)20(18,19)8-7-12-5-3-2-4-6-12/h2-8,11,13H,9-10H2,1H3,(H,16,17). The number of hydrogen-bond donors (Lipinski definition) is 1. The molecule has 1 aromatic carbocycles. The summed E-state index contributed by atoms with van der Waals surface area (Å²) in [6.45, 7) is 2.05. The lowest BCUT2D eigenvalue weighted by atomic mass is 9.99. The Labute approximate surface area is 118 Å². The van der Waals surface area contributed by atoms with E-state index in [2.05, 4.69) is 0 Å². The minimum Gasteiger partial charge on any atom is -0.481 e. The Morgan fingerprint density at radius 1 is 1.30 bits per heavy atom. The third-order valence-corrected chi connectivity index (χ3v) is 4.99. The van der Waals surface area contributed by atoms with E-state index in [-0.39, 0.29) is 19.0 Å². The van der Waals surface area contributed by atoms with Crippen LogP contribution in [0.3, 0.4) is 0 Å². The van der Waals surface area contributed by atoms with E-state index in [4.69, 9.17) is 5.11 Å². The van der Waals surface area contributed by atoms with Crippen molar-refractivity contribution < 1.29 is 18.3 Å². The summed E-state index contributed by atoms with van der Waals surface area (Å²) >= 11 is 0. The van der Waals surface area contributed by atoms with E-state index in [0.717, 1.165) is 11.0 Å². The summed E-state index contributed by atoms with van der Waals surface area (Å²) in [6, 6.07) is 9.11. The van der Waals surface area contributed by atoms with Crippen molar-refractivity contribution in [3.63, 3.8) is 0 Å². The number of nitrogens with zero attached hydrogens (tertiary/aromatic N) is 1. The van der Waals surface area contributed by atoms with Crippen LogP contribution in [-0.2, 0) is 14.8 Å². The quantitative estimate of drug-likeness (QED) is 0.916. The molecule has 2 atom stereocenters. The van der Waals surface area contributed by atoms with Gasteiger partial charge in [-0.2, -0.15) is 4.31 Å². The number of benzene rings is 1. The Bertz CT molecular complexity index is 609. The number of rotatable bonds is 4. The second-order valence-electron chi connectivity index (χ2n) is 5.00. The highest BCUT2D eigenvalue weighted by Crippen LogP contribution is 2.26. The van der Waals surface area contributed by atoms with E-state index in [1.54, 1.807) is 19.1 Å². The van der Waals surface area contributed by atoms with Gasteiger partial charge in [0.05, 0.1) is 5.92 Å². The van der Waals surface area contributed by atoms with Gasteiger partial charge < -0.3 is 5.11 Å². The number of sulfonamides is 1. The molecule has 1 aliphatic heterocycles. The number of carbonyl (C=O) groups is 1. The fourth-order valence-electron chi connectivity index (χ4n) is 2.27. The summed E-state index contributed by atoms with van der Waals surface area (Å²) in [7, 11) is -3.57. The van der Waals surface area contributed by atoms with Gasteiger partial charge in [0.25, 0.3) is 0 Å². The van der Waals surface area contributed by atoms with E-state index < -0.39 is 21.9 Å². The molecule has 108 valence electrons. The Balaban J connectivity index is 2.12. The van der Waals surface area contributed by atoms with Gasteiger partial charge in [-0.25, -0.2) is 8.42 Å². The molecular formula is C14H17NO4S. The molecule has 1 N–H and O–H groups in total. The van der Waals surface area contributed by atoms with Gasteiger partial charge in [-0.1, -0.05) is 37.3 Å². The summed E-state index contributed by atoms with van der Waals surface area (Å²) in [5.41, 5.74) is 0.790. The van der Waals surface area contributed by atoms with Gasteiger partial charge in [0.1, 0.15) is 0 Å². The molecule has 6 heteroatoms. The van der Waals surface area contributed by atoms with Crippen molar-refractivity contribution >= 4 is 22.1 Å². The molecule has 0 radical (unpaired) electrons. The average Bonchev–Trinajstić information content (AvgIpc) is 2.81. The van der Waals surface area contributed by atoms with Crippen molar-refractivity contribution in [1.29, 1.82) is 0 Å². The van der Waals surface area contributed by atoms with Crippen LogP contribution in [0.1, 0.15) is 12.5 Å². The maximum absolute atomic E-state index is 12.2. The van der Waals surface area contributed by atoms with Crippen LogP contribution in [0.15, 0.2) is 35.7 Å². The average molecular weight is 295 g/mol. The van der Waals surface area contributed by atoms with Crippen LogP contribution in [0, 0.1) is 11.8 Å². The van der Waals surface area contributed by atoms with Crippen LogP contribution in [0.5, 0.6) is 0 Å². The fourth-order valence-corrected chi connectivity index (χ4v) is 3.58. The number of carboxylic acids is 1. The van der Waals surface area contributed by atoms with Gasteiger partial charge in [-0.05, 0) is 17.6 Å². The molecule has 0 bridgehead atoms. The van der Waals surface area contributed by atoms with Crippen LogP contribution < -0.4 is 0 Å². The summed E-state index contributed by atoms with van der Waals surface area (Å²) in [5, 5.41) is 10.2. The van der Waals surface area contributed by atoms with Gasteiger partial charge in [0.15, 0.2) is 0 Å². The minimum atomic E-state index is -3.57. The van der Waals surface area contributed by atoms with E-state index in [1.165, 1.54) is 10.4 Å². The Kier molecular flexibility index (Phi) is 4.25. The van der Waals surface area contributed by atoms with Crippen LogP contribution in [0.25, 0.3) is 6.08 Å². The third kappa shape index (κ3) is 3.26. The lowest BCUT2D eigenvalue weighted by Gasteiger charge is -2.12. The van der Waals surface area contributed by atoms with Crippen molar-refractivity contribution in [2.24, 2.45) is 11.8 Å². The molecule has 2 rings (SSSR count). The van der Waals surface area contributed by atoms with Crippen molar-refractivity contribution in [2.45, 2.75) is 6.92 Å². The Hall–Kier alpha value is -1.66. The van der Waals surface area contributed by atoms with Gasteiger partial charge in [-0.15, -0.1) is 0 Å². The van der Waals surface area contributed by atoms with Gasteiger partial charge in [0.2, 0.25) is 10.0 Å². The van der Waals surface area contributed by atoms with Crippen molar-refractivity contribution in [3.8, 4) is 0 Å². The maximum Gasteiger partial charge on any atom is 0.308 e. The van der Waals surface area contributed by atoms with Crippen molar-refractivity contribution in [1.82, 2.24) is 4.31 Å². The molecule has 0 amide bonds. The molecular weight excluding hydrogens is 278 g/mol. The Morgan fingerprint density at radius 3 is 2.50 bits per heavy atom. The maximum atomic E-state index is 12.2. The molecule has 1 heterocycles. The topological polar surface area (TPSA) is 74.7 Å². The molecule has 0 saturated carbocycles. The van der Waals surface area contributed by atoms with Crippen LogP contribution in [0.2, 0.25) is 0 Å². The highest BCUT2D eigenvalue weighted by molar-refractivity contribution is 7.92. The first-order chi connectivity index (χ1) is 9.40. The first kappa shape index (κ1) is 14.7. The Morgan fingerprint density at radius 2 is 1.95 bits per heavy atom. The summed E-state index contributed by atoms with van der Waals surface area (Å²) in [5.74, 6) is -1.75. The highest BCUT2D eigenvalue weighted by Gasteiger charge is 2.39. The molecule has 1 aliphatic rings. The smallest absolute Gasteiger partial charge is 0.308 e. The summed E-state index contributed by atoms with van der Waals surface area (Å²) < 4.78 is 25.6. The lowest BCUT2D eigenvalue weighted by molar-refractivity contribution is -0.142. The predicted octanol–water partition coefficient (Wildman–Crippen LogP) is 1.64. The molecule has 0 aromatic heterocycles. The molecule has 0 spiro atoms. The molecule has 20 heavy (non-hydrogen) atoms. The zero-order valence-electron chi connectivity index (χ0n) is 11.1. The minimum absolute atomic E-state index is 0.0396. The number of carboxylic acid groups (broad SMARTS) is 1. The zero-order valence-corrected chi connectivity index (χ0v) is 12.0. The zero-order chi connectivity index (χ0) is 14.8. The van der Waals surface area contributed by atoms with Gasteiger partial charge >= 0.3 is 5.97 Å². The molecule has 1 saturated heterocycles. The first-order valence-electron chi connectivity index (χ1n) is 6.36. The van der Waals surface area contributed by atoms with Gasteiger partial charge in [0, 0.05) is 18.5 Å². The van der Waals surface area contributed by atoms with E-state index >= 15 is 0 Å². The second kappa shape index (κ2) is 5.76. The fraction of sp³-hybridized carbons (Fsp3) is 0.357. The van der Waals surface area contributed by atoms with Crippen LogP contribution in [-0.4, -0.2) is 36.9 Å². The monoisotopic (exact) mass is 295 g/mol. The predicted molar refractivity (Wildman–Crippen MR) is 76.3 cm³/mol.